The third-order valence-electron chi connectivity index (χ3n) is 3.81. The molecule has 0 aliphatic carbocycles. The van der Waals surface area contributed by atoms with Crippen LogP contribution < -0.4 is 11.1 Å². The molecule has 108 valence electrons. The maximum absolute atomic E-state index is 11.2. The molecule has 2 aromatic carbocycles. The van der Waals surface area contributed by atoms with Gasteiger partial charge in [0.05, 0.1) is 6.04 Å². The van der Waals surface area contributed by atoms with E-state index in [2.05, 4.69) is 29.6 Å². The van der Waals surface area contributed by atoms with E-state index in [1.54, 1.807) is 6.07 Å². The minimum Gasteiger partial charge on any atom is -0.377 e. The average Bonchev–Trinajstić information content (AvgIpc) is 2.49. The van der Waals surface area contributed by atoms with Crippen molar-refractivity contribution in [2.45, 2.75) is 18.7 Å². The summed E-state index contributed by atoms with van der Waals surface area (Å²) < 4.78 is 0. The molecule has 1 atom stereocenters. The third-order valence-corrected chi connectivity index (χ3v) is 4.90. The molecule has 2 aromatic rings. The minimum atomic E-state index is -0.386. The lowest BCUT2D eigenvalue weighted by Gasteiger charge is -2.27. The van der Waals surface area contributed by atoms with Crippen molar-refractivity contribution in [3.8, 4) is 0 Å². The quantitative estimate of drug-likeness (QED) is 0.912. The molecule has 0 aromatic heterocycles. The largest absolute Gasteiger partial charge is 0.377 e. The van der Waals surface area contributed by atoms with Gasteiger partial charge in [-0.25, -0.2) is 0 Å². The van der Waals surface area contributed by atoms with Crippen LogP contribution in [0.5, 0.6) is 0 Å². The fraction of sp³-hybridized carbons (Fsp3) is 0.235. The lowest BCUT2D eigenvalue weighted by molar-refractivity contribution is 0.1000. The molecule has 0 spiro atoms. The van der Waals surface area contributed by atoms with Gasteiger partial charge >= 0.3 is 0 Å². The van der Waals surface area contributed by atoms with Gasteiger partial charge in [0.2, 0.25) is 5.91 Å². The Balaban J connectivity index is 1.86. The van der Waals surface area contributed by atoms with E-state index in [0.717, 1.165) is 22.8 Å². The number of rotatable bonds is 3. The first-order valence-corrected chi connectivity index (χ1v) is 8.13. The van der Waals surface area contributed by atoms with Crippen molar-refractivity contribution >= 4 is 23.4 Å². The van der Waals surface area contributed by atoms with Crippen LogP contribution in [-0.4, -0.2) is 11.7 Å². The number of anilines is 1. The molecular formula is C17H18N2OS. The second-order valence-electron chi connectivity index (χ2n) is 5.30. The third kappa shape index (κ3) is 2.90. The summed E-state index contributed by atoms with van der Waals surface area (Å²) in [5, 5.41) is 3.60. The Morgan fingerprint density at radius 3 is 2.86 bits per heavy atom. The minimum absolute atomic E-state index is 0.304. The zero-order valence-corrected chi connectivity index (χ0v) is 12.7. The first kappa shape index (κ1) is 14.0. The molecule has 1 aliphatic heterocycles. The Hall–Kier alpha value is -1.94. The maximum atomic E-state index is 11.2. The number of carbonyl (C=O) groups is 1. The molecule has 1 aliphatic rings. The van der Waals surface area contributed by atoms with E-state index < -0.39 is 0 Å². The molecule has 1 heterocycles. The number of nitrogens with two attached hydrogens (primary N) is 1. The summed E-state index contributed by atoms with van der Waals surface area (Å²) in [6.07, 6.45) is 0. The number of amides is 1. The van der Waals surface area contributed by atoms with Crippen molar-refractivity contribution < 1.29 is 4.79 Å². The number of thioether (sulfide) groups is 1. The lowest BCUT2D eigenvalue weighted by Crippen LogP contribution is -2.19. The Morgan fingerprint density at radius 2 is 2.10 bits per heavy atom. The molecule has 0 saturated carbocycles. The number of hydrogen-bond donors (Lipinski definition) is 2. The molecule has 4 heteroatoms. The summed E-state index contributed by atoms with van der Waals surface area (Å²) in [5.41, 5.74) is 10.7. The topological polar surface area (TPSA) is 55.1 Å². The summed E-state index contributed by atoms with van der Waals surface area (Å²) in [5.74, 6) is 1.74. The van der Waals surface area contributed by atoms with Crippen molar-refractivity contribution in [2.24, 2.45) is 5.73 Å². The van der Waals surface area contributed by atoms with E-state index in [1.807, 2.05) is 30.8 Å². The van der Waals surface area contributed by atoms with Crippen molar-refractivity contribution in [1.82, 2.24) is 0 Å². The number of fused-ring (bicyclic) bond motifs is 1. The first-order valence-electron chi connectivity index (χ1n) is 6.97. The molecule has 0 fully saturated rings. The molecule has 0 saturated heterocycles. The highest BCUT2D eigenvalue weighted by atomic mass is 32.2. The normalized spacial score (nSPS) is 17.1. The average molecular weight is 298 g/mol. The van der Waals surface area contributed by atoms with Gasteiger partial charge in [0.1, 0.15) is 0 Å². The van der Waals surface area contributed by atoms with Gasteiger partial charge in [-0.3, -0.25) is 4.79 Å². The van der Waals surface area contributed by atoms with Crippen molar-refractivity contribution in [3.63, 3.8) is 0 Å². The van der Waals surface area contributed by atoms with Crippen molar-refractivity contribution in [1.29, 1.82) is 0 Å². The van der Waals surface area contributed by atoms with Gasteiger partial charge in [-0.15, -0.1) is 0 Å². The molecule has 1 amide bonds. The van der Waals surface area contributed by atoms with Crippen LogP contribution in [0.1, 0.15) is 33.1 Å². The number of carbonyl (C=O) groups excluding carboxylic acids is 1. The highest BCUT2D eigenvalue weighted by Gasteiger charge is 2.20. The summed E-state index contributed by atoms with van der Waals surface area (Å²) in [4.78, 5) is 11.2. The van der Waals surface area contributed by atoms with Gasteiger partial charge in [0.25, 0.3) is 0 Å². The van der Waals surface area contributed by atoms with Gasteiger partial charge in [-0.1, -0.05) is 24.3 Å². The van der Waals surface area contributed by atoms with Crippen LogP contribution in [0.15, 0.2) is 42.5 Å². The van der Waals surface area contributed by atoms with Gasteiger partial charge in [-0.05, 0) is 41.8 Å². The number of hydrogen-bond acceptors (Lipinski definition) is 3. The number of primary amides is 1. The Morgan fingerprint density at radius 1 is 1.29 bits per heavy atom. The molecule has 0 radical (unpaired) electrons. The van der Waals surface area contributed by atoms with Crippen LogP contribution in [0, 0.1) is 6.92 Å². The van der Waals surface area contributed by atoms with Crippen LogP contribution in [0.2, 0.25) is 0 Å². The molecule has 21 heavy (non-hydrogen) atoms. The Bertz CT molecular complexity index is 684. The van der Waals surface area contributed by atoms with Gasteiger partial charge in [0.15, 0.2) is 0 Å². The van der Waals surface area contributed by atoms with E-state index >= 15 is 0 Å². The van der Waals surface area contributed by atoms with Crippen LogP contribution >= 0.6 is 11.8 Å². The van der Waals surface area contributed by atoms with Crippen LogP contribution in [-0.2, 0) is 5.75 Å². The van der Waals surface area contributed by atoms with Gasteiger partial charge in [0, 0.05) is 22.8 Å². The molecule has 1 unspecified atom stereocenters. The number of aryl methyl sites for hydroxylation is 1. The predicted molar refractivity (Wildman–Crippen MR) is 88.7 cm³/mol. The smallest absolute Gasteiger partial charge is 0.248 e. The highest BCUT2D eigenvalue weighted by molar-refractivity contribution is 7.98. The Kier molecular flexibility index (Phi) is 3.88. The van der Waals surface area contributed by atoms with E-state index in [4.69, 9.17) is 5.73 Å². The van der Waals surface area contributed by atoms with E-state index in [-0.39, 0.29) is 5.91 Å². The molecular weight excluding hydrogens is 280 g/mol. The zero-order chi connectivity index (χ0) is 14.8. The van der Waals surface area contributed by atoms with Crippen LogP contribution in [0.4, 0.5) is 5.69 Å². The lowest BCUT2D eigenvalue weighted by atomic mass is 10.0. The van der Waals surface area contributed by atoms with Gasteiger partial charge in [-0.2, -0.15) is 11.8 Å². The number of nitrogens with one attached hydrogen (secondary N) is 1. The molecule has 3 N–H and O–H groups in total. The van der Waals surface area contributed by atoms with E-state index in [9.17, 15) is 4.79 Å². The second-order valence-corrected chi connectivity index (χ2v) is 6.34. The van der Waals surface area contributed by atoms with Crippen molar-refractivity contribution in [2.75, 3.05) is 11.1 Å². The number of benzene rings is 2. The molecule has 3 rings (SSSR count). The van der Waals surface area contributed by atoms with E-state index in [1.165, 1.54) is 11.1 Å². The predicted octanol–water partition coefficient (Wildman–Crippen LogP) is 3.49. The highest BCUT2D eigenvalue weighted by Crippen LogP contribution is 2.34. The fourth-order valence-electron chi connectivity index (χ4n) is 2.67. The maximum Gasteiger partial charge on any atom is 0.248 e. The first-order chi connectivity index (χ1) is 10.1. The van der Waals surface area contributed by atoms with Crippen LogP contribution in [0.25, 0.3) is 0 Å². The second kappa shape index (κ2) is 5.82. The molecule has 3 nitrogen and oxygen atoms in total. The Labute approximate surface area is 128 Å². The summed E-state index contributed by atoms with van der Waals surface area (Å²) in [6.45, 7) is 2.00. The van der Waals surface area contributed by atoms with E-state index in [0.29, 0.717) is 11.6 Å². The SMILES string of the molecule is Cc1cc(C(N)=O)ccc1NC1CSCc2ccccc21. The standard InChI is InChI=1S/C17H18N2OS/c1-11-8-12(17(18)20)6-7-15(11)19-16-10-21-9-13-4-2-3-5-14(13)16/h2-8,16,19H,9-10H2,1H3,(H2,18,20). The zero-order valence-electron chi connectivity index (χ0n) is 11.9. The molecule has 0 bridgehead atoms. The monoisotopic (exact) mass is 298 g/mol. The van der Waals surface area contributed by atoms with Crippen molar-refractivity contribution in [3.05, 3.63) is 64.7 Å². The summed E-state index contributed by atoms with van der Waals surface area (Å²) in [6, 6.07) is 14.4. The van der Waals surface area contributed by atoms with Crippen LogP contribution in [0.3, 0.4) is 0 Å². The summed E-state index contributed by atoms with van der Waals surface area (Å²) >= 11 is 1.94. The fourth-order valence-corrected chi connectivity index (χ4v) is 3.77. The van der Waals surface area contributed by atoms with Gasteiger partial charge < -0.3 is 11.1 Å². The summed E-state index contributed by atoms with van der Waals surface area (Å²) in [7, 11) is 0.